The second-order valence-electron chi connectivity index (χ2n) is 13.6. The molecular weight excluding hydrogens is 492 g/mol. The van der Waals surface area contributed by atoms with E-state index in [1.54, 1.807) is 7.11 Å². The fourth-order valence-corrected chi connectivity index (χ4v) is 4.72. The van der Waals surface area contributed by atoms with Gasteiger partial charge in [0, 0.05) is 25.8 Å². The maximum Gasteiger partial charge on any atom is 0.220 e. The number of rotatable bonds is 12. The highest BCUT2D eigenvalue weighted by Crippen LogP contribution is 2.27. The molecule has 2 N–H and O–H groups in total. The minimum Gasteiger partial charge on any atom is -0.497 e. The SMILES string of the molecule is CN(CC(=O)CC1CCC(O)CC1)CC(=O)CC(C)(C)C.COc1ccc(CCNC(=O)CC(C)(C)C)cc1. The first-order valence-corrected chi connectivity index (χ1v) is 14.4. The number of benzene rings is 1. The van der Waals surface area contributed by atoms with Crippen molar-refractivity contribution in [3.63, 3.8) is 0 Å². The Labute approximate surface area is 237 Å². The highest BCUT2D eigenvalue weighted by atomic mass is 16.5. The molecule has 222 valence electrons. The highest BCUT2D eigenvalue weighted by molar-refractivity contribution is 5.83. The molecule has 0 aromatic heterocycles. The van der Waals surface area contributed by atoms with Crippen molar-refractivity contribution in [2.75, 3.05) is 33.8 Å². The van der Waals surface area contributed by atoms with Gasteiger partial charge in [-0.15, -0.1) is 0 Å². The van der Waals surface area contributed by atoms with Crippen LogP contribution >= 0.6 is 0 Å². The zero-order valence-electron chi connectivity index (χ0n) is 25.8. The molecule has 2 rings (SSSR count). The summed E-state index contributed by atoms with van der Waals surface area (Å²) in [6.07, 6.45) is 5.90. The molecule has 0 atom stereocenters. The zero-order valence-corrected chi connectivity index (χ0v) is 25.8. The lowest BCUT2D eigenvalue weighted by molar-refractivity contribution is -0.124. The Morgan fingerprint density at radius 3 is 1.95 bits per heavy atom. The molecule has 7 heteroatoms. The van der Waals surface area contributed by atoms with Crippen molar-refractivity contribution < 1.29 is 24.2 Å². The highest BCUT2D eigenvalue weighted by Gasteiger charge is 2.23. The largest absolute Gasteiger partial charge is 0.497 e. The molecule has 0 unspecified atom stereocenters. The first-order valence-electron chi connectivity index (χ1n) is 14.4. The summed E-state index contributed by atoms with van der Waals surface area (Å²) in [5.41, 5.74) is 1.25. The molecule has 1 amide bonds. The molecule has 7 nitrogen and oxygen atoms in total. The molecule has 0 aliphatic heterocycles. The van der Waals surface area contributed by atoms with E-state index in [9.17, 15) is 19.5 Å². The molecule has 39 heavy (non-hydrogen) atoms. The summed E-state index contributed by atoms with van der Waals surface area (Å²) < 4.78 is 5.10. The van der Waals surface area contributed by atoms with Crippen LogP contribution in [0.4, 0.5) is 0 Å². The molecule has 0 saturated heterocycles. The van der Waals surface area contributed by atoms with E-state index in [2.05, 4.69) is 26.1 Å². The van der Waals surface area contributed by atoms with E-state index < -0.39 is 0 Å². The number of nitrogens with one attached hydrogen (secondary N) is 1. The van der Waals surface area contributed by atoms with E-state index in [4.69, 9.17) is 4.74 Å². The number of carbonyl (C=O) groups is 3. The van der Waals surface area contributed by atoms with Gasteiger partial charge in [0.2, 0.25) is 5.91 Å². The summed E-state index contributed by atoms with van der Waals surface area (Å²) >= 11 is 0. The number of carbonyl (C=O) groups excluding carboxylic acids is 3. The van der Waals surface area contributed by atoms with E-state index in [-0.39, 0.29) is 34.4 Å². The number of amides is 1. The van der Waals surface area contributed by atoms with Crippen molar-refractivity contribution in [1.29, 1.82) is 0 Å². The third-order valence-electron chi connectivity index (χ3n) is 6.54. The predicted molar refractivity (Wildman–Crippen MR) is 158 cm³/mol. The van der Waals surface area contributed by atoms with Crippen LogP contribution in [0.15, 0.2) is 24.3 Å². The second kappa shape index (κ2) is 16.8. The van der Waals surface area contributed by atoms with Gasteiger partial charge in [0.25, 0.3) is 0 Å². The quantitative estimate of drug-likeness (QED) is 0.373. The summed E-state index contributed by atoms with van der Waals surface area (Å²) in [4.78, 5) is 37.4. The Morgan fingerprint density at radius 1 is 0.897 bits per heavy atom. The van der Waals surface area contributed by atoms with E-state index in [0.717, 1.165) is 37.9 Å². The first-order chi connectivity index (χ1) is 18.1. The number of Topliss-reactive ketones (excluding diaryl/α,β-unsaturated/α-hetero) is 2. The second-order valence-corrected chi connectivity index (χ2v) is 13.6. The number of methoxy groups -OCH3 is 1. The Balaban J connectivity index is 0.000000395. The molecule has 0 heterocycles. The average Bonchev–Trinajstić information content (AvgIpc) is 2.79. The molecule has 1 aromatic rings. The third kappa shape index (κ3) is 17.9. The van der Waals surface area contributed by atoms with E-state index in [1.165, 1.54) is 5.56 Å². The topological polar surface area (TPSA) is 95.9 Å². The van der Waals surface area contributed by atoms with E-state index in [0.29, 0.717) is 44.8 Å². The van der Waals surface area contributed by atoms with Crippen molar-refractivity contribution in [3.8, 4) is 5.75 Å². The van der Waals surface area contributed by atoms with Crippen LogP contribution < -0.4 is 10.1 Å². The summed E-state index contributed by atoms with van der Waals surface area (Å²) in [6, 6.07) is 7.92. The molecule has 1 saturated carbocycles. The predicted octanol–water partition coefficient (Wildman–Crippen LogP) is 5.22. The lowest BCUT2D eigenvalue weighted by Gasteiger charge is -2.25. The van der Waals surface area contributed by atoms with Crippen LogP contribution in [0.25, 0.3) is 0 Å². The lowest BCUT2D eigenvalue weighted by atomic mass is 9.84. The van der Waals surface area contributed by atoms with E-state index >= 15 is 0 Å². The van der Waals surface area contributed by atoms with Crippen LogP contribution in [-0.2, 0) is 20.8 Å². The van der Waals surface area contributed by atoms with Crippen LogP contribution in [0.5, 0.6) is 5.75 Å². The van der Waals surface area contributed by atoms with Crippen molar-refractivity contribution >= 4 is 17.5 Å². The van der Waals surface area contributed by atoms with Gasteiger partial charge in [-0.2, -0.15) is 0 Å². The summed E-state index contributed by atoms with van der Waals surface area (Å²) in [6.45, 7) is 13.7. The van der Waals surface area contributed by atoms with Crippen LogP contribution in [0.3, 0.4) is 0 Å². The number of nitrogens with zero attached hydrogens (tertiary/aromatic N) is 1. The summed E-state index contributed by atoms with van der Waals surface area (Å²) in [7, 11) is 3.49. The van der Waals surface area contributed by atoms with E-state index in [1.807, 2.05) is 57.0 Å². The summed E-state index contributed by atoms with van der Waals surface area (Å²) in [5.74, 6) is 1.80. The number of aliphatic hydroxyl groups is 1. The first kappa shape index (κ1) is 34.8. The molecule has 0 radical (unpaired) electrons. The van der Waals surface area contributed by atoms with Gasteiger partial charge >= 0.3 is 0 Å². The minimum atomic E-state index is -0.172. The Bertz CT molecular complexity index is 875. The maximum atomic E-state index is 12.1. The number of likely N-dealkylation sites (N-methyl/N-ethyl adjacent to an activating group) is 1. The van der Waals surface area contributed by atoms with Crippen molar-refractivity contribution in [2.45, 2.75) is 99.0 Å². The third-order valence-corrected chi connectivity index (χ3v) is 6.54. The molecule has 0 spiro atoms. The summed E-state index contributed by atoms with van der Waals surface area (Å²) in [5, 5.41) is 12.4. The fourth-order valence-electron chi connectivity index (χ4n) is 4.72. The van der Waals surface area contributed by atoms with Gasteiger partial charge in [-0.25, -0.2) is 0 Å². The number of ketones is 2. The number of hydrogen-bond donors (Lipinski definition) is 2. The fraction of sp³-hybridized carbons (Fsp3) is 0.719. The monoisotopic (exact) mass is 546 g/mol. The lowest BCUT2D eigenvalue weighted by Crippen LogP contribution is -2.33. The number of aliphatic hydroxyl groups excluding tert-OH is 1. The Kier molecular flexibility index (Phi) is 14.9. The molecular formula is C32H54N2O5. The Morgan fingerprint density at radius 2 is 1.44 bits per heavy atom. The van der Waals surface area contributed by atoms with Crippen LogP contribution in [0.1, 0.15) is 92.1 Å². The zero-order chi connectivity index (χ0) is 29.6. The van der Waals surface area contributed by atoms with Crippen molar-refractivity contribution in [2.24, 2.45) is 16.7 Å². The average molecular weight is 547 g/mol. The standard InChI is InChI=1S/C17H31NO3.C15H23NO2/c1-17(2,3)10-16(21)12-18(4)11-15(20)9-13-5-7-14(19)8-6-13;1-15(2,3)11-14(17)16-10-9-12-5-7-13(18-4)8-6-12/h13-14,19H,5-12H2,1-4H3;5-8H,9-11H2,1-4H3,(H,16,17). The molecule has 1 aliphatic rings. The number of ether oxygens (including phenoxy) is 1. The van der Waals surface area contributed by atoms with Crippen molar-refractivity contribution in [1.82, 2.24) is 10.2 Å². The van der Waals surface area contributed by atoms with Gasteiger partial charge in [0.15, 0.2) is 0 Å². The molecule has 1 fully saturated rings. The molecule has 1 aromatic carbocycles. The minimum absolute atomic E-state index is 0.00483. The smallest absolute Gasteiger partial charge is 0.220 e. The van der Waals surface area contributed by atoms with Crippen molar-refractivity contribution in [3.05, 3.63) is 29.8 Å². The van der Waals surface area contributed by atoms with Gasteiger partial charge in [0.05, 0.1) is 26.3 Å². The van der Waals surface area contributed by atoms with Crippen LogP contribution in [0, 0.1) is 16.7 Å². The molecule has 1 aliphatic carbocycles. The van der Waals surface area contributed by atoms with Crippen LogP contribution in [-0.4, -0.2) is 67.4 Å². The van der Waals surface area contributed by atoms with Gasteiger partial charge in [-0.05, 0) is 73.6 Å². The van der Waals surface area contributed by atoms with Gasteiger partial charge < -0.3 is 15.2 Å². The number of hydrogen-bond acceptors (Lipinski definition) is 6. The molecule has 0 bridgehead atoms. The van der Waals surface area contributed by atoms with Gasteiger partial charge in [-0.1, -0.05) is 53.7 Å². The van der Waals surface area contributed by atoms with Gasteiger partial charge in [-0.3, -0.25) is 19.3 Å². The maximum absolute atomic E-state index is 12.1. The Hall–Kier alpha value is -2.25. The normalized spacial score (nSPS) is 17.7. The van der Waals surface area contributed by atoms with Gasteiger partial charge in [0.1, 0.15) is 17.3 Å². The van der Waals surface area contributed by atoms with Crippen LogP contribution in [0.2, 0.25) is 0 Å².